The first kappa shape index (κ1) is 14.0. The number of hydrogen-bond acceptors (Lipinski definition) is 2. The van der Waals surface area contributed by atoms with Crippen molar-refractivity contribution >= 4 is 23.2 Å². The van der Waals surface area contributed by atoms with Gasteiger partial charge in [0.1, 0.15) is 11.9 Å². The van der Waals surface area contributed by atoms with Gasteiger partial charge in [0.05, 0.1) is 6.42 Å². The molecule has 0 saturated carbocycles. The predicted molar refractivity (Wildman–Crippen MR) is 79.0 cm³/mol. The number of aliphatic hydroxyl groups excluding tert-OH is 1. The summed E-state index contributed by atoms with van der Waals surface area (Å²) in [5, 5.41) is 10.6. The highest BCUT2D eigenvalue weighted by molar-refractivity contribution is 6.30. The van der Waals surface area contributed by atoms with Gasteiger partial charge in [0.15, 0.2) is 0 Å². The van der Waals surface area contributed by atoms with Gasteiger partial charge in [0.25, 0.3) is 0 Å². The fraction of sp³-hybridized carbons (Fsp3) is 0.188. The molecule has 1 heterocycles. The SMILES string of the molecule is CN1C(=O)Cc2cc(C(O)c3ccc(Cl)cc3F)ccc21. The lowest BCUT2D eigenvalue weighted by Crippen LogP contribution is -2.20. The summed E-state index contributed by atoms with van der Waals surface area (Å²) in [5.41, 5.74) is 2.39. The van der Waals surface area contributed by atoms with Crippen LogP contribution >= 0.6 is 11.6 Å². The summed E-state index contributed by atoms with van der Waals surface area (Å²) in [6.07, 6.45) is -0.788. The van der Waals surface area contributed by atoms with E-state index >= 15 is 0 Å². The molecule has 0 aliphatic carbocycles. The van der Waals surface area contributed by atoms with E-state index in [-0.39, 0.29) is 16.5 Å². The van der Waals surface area contributed by atoms with Crippen LogP contribution in [0.3, 0.4) is 0 Å². The second-order valence-electron chi connectivity index (χ2n) is 5.09. The molecule has 1 unspecified atom stereocenters. The van der Waals surface area contributed by atoms with Gasteiger partial charge in [-0.05, 0) is 29.3 Å². The normalized spacial score (nSPS) is 15.2. The Labute approximate surface area is 126 Å². The van der Waals surface area contributed by atoms with Crippen LogP contribution in [0.2, 0.25) is 5.02 Å². The molecule has 2 aromatic carbocycles. The van der Waals surface area contributed by atoms with E-state index in [0.29, 0.717) is 12.0 Å². The number of aliphatic hydroxyl groups is 1. The minimum absolute atomic E-state index is 0.00862. The Morgan fingerprint density at radius 2 is 2.05 bits per heavy atom. The first-order valence-corrected chi connectivity index (χ1v) is 6.87. The molecule has 108 valence electrons. The summed E-state index contributed by atoms with van der Waals surface area (Å²) in [7, 11) is 1.71. The van der Waals surface area contributed by atoms with Gasteiger partial charge in [-0.2, -0.15) is 0 Å². The summed E-state index contributed by atoms with van der Waals surface area (Å²) in [6, 6.07) is 9.39. The van der Waals surface area contributed by atoms with E-state index in [1.54, 1.807) is 30.1 Å². The van der Waals surface area contributed by atoms with Gasteiger partial charge < -0.3 is 10.0 Å². The molecule has 0 saturated heterocycles. The number of amides is 1. The van der Waals surface area contributed by atoms with Crippen molar-refractivity contribution in [1.82, 2.24) is 0 Å². The Balaban J connectivity index is 1.98. The zero-order chi connectivity index (χ0) is 15.1. The van der Waals surface area contributed by atoms with Crippen LogP contribution in [0.15, 0.2) is 36.4 Å². The number of nitrogens with zero attached hydrogens (tertiary/aromatic N) is 1. The van der Waals surface area contributed by atoms with E-state index in [1.807, 2.05) is 0 Å². The zero-order valence-electron chi connectivity index (χ0n) is 11.3. The van der Waals surface area contributed by atoms with E-state index in [0.717, 1.165) is 11.3 Å². The minimum atomic E-state index is -1.09. The van der Waals surface area contributed by atoms with Crippen molar-refractivity contribution in [2.24, 2.45) is 0 Å². The number of anilines is 1. The number of likely N-dealkylation sites (N-methyl/N-ethyl adjacent to an activating group) is 1. The molecule has 21 heavy (non-hydrogen) atoms. The van der Waals surface area contributed by atoms with E-state index in [2.05, 4.69) is 0 Å². The molecule has 1 atom stereocenters. The van der Waals surface area contributed by atoms with Crippen molar-refractivity contribution in [3.8, 4) is 0 Å². The van der Waals surface area contributed by atoms with Crippen LogP contribution in [0.1, 0.15) is 22.8 Å². The molecule has 1 amide bonds. The van der Waals surface area contributed by atoms with Gasteiger partial charge in [-0.3, -0.25) is 4.79 Å². The predicted octanol–water partition coefficient (Wildman–Crippen LogP) is 3.08. The Morgan fingerprint density at radius 3 is 2.76 bits per heavy atom. The van der Waals surface area contributed by atoms with Crippen molar-refractivity contribution in [3.63, 3.8) is 0 Å². The molecule has 3 nitrogen and oxygen atoms in total. The lowest BCUT2D eigenvalue weighted by atomic mass is 9.98. The van der Waals surface area contributed by atoms with Crippen molar-refractivity contribution in [1.29, 1.82) is 0 Å². The van der Waals surface area contributed by atoms with Gasteiger partial charge in [-0.15, -0.1) is 0 Å². The quantitative estimate of drug-likeness (QED) is 0.926. The maximum Gasteiger partial charge on any atom is 0.231 e. The summed E-state index contributed by atoms with van der Waals surface area (Å²) >= 11 is 5.71. The maximum atomic E-state index is 13.9. The van der Waals surface area contributed by atoms with Crippen LogP contribution in [0.4, 0.5) is 10.1 Å². The number of carbonyl (C=O) groups is 1. The van der Waals surface area contributed by atoms with Crippen LogP contribution < -0.4 is 4.90 Å². The third-order valence-electron chi connectivity index (χ3n) is 3.75. The first-order valence-electron chi connectivity index (χ1n) is 6.50. The molecule has 1 aliphatic heterocycles. The molecule has 1 aliphatic rings. The van der Waals surface area contributed by atoms with Crippen LogP contribution in [0.25, 0.3) is 0 Å². The average molecular weight is 306 g/mol. The van der Waals surface area contributed by atoms with Gasteiger partial charge >= 0.3 is 0 Å². The Kier molecular flexibility index (Phi) is 3.43. The highest BCUT2D eigenvalue weighted by atomic mass is 35.5. The average Bonchev–Trinajstić information content (AvgIpc) is 2.73. The van der Waals surface area contributed by atoms with E-state index in [9.17, 15) is 14.3 Å². The first-order chi connectivity index (χ1) is 9.97. The monoisotopic (exact) mass is 305 g/mol. The smallest absolute Gasteiger partial charge is 0.231 e. The van der Waals surface area contributed by atoms with Gasteiger partial charge in [0, 0.05) is 23.3 Å². The van der Waals surface area contributed by atoms with Gasteiger partial charge in [0.2, 0.25) is 5.91 Å². The standard InChI is InChI=1S/C16H13ClFNO2/c1-19-14-5-2-9(6-10(14)7-15(19)20)16(21)12-4-3-11(17)8-13(12)18/h2-6,8,16,21H,7H2,1H3. The molecule has 0 fully saturated rings. The molecule has 3 rings (SSSR count). The number of rotatable bonds is 2. The van der Waals surface area contributed by atoms with Crippen molar-refractivity contribution < 1.29 is 14.3 Å². The molecule has 5 heteroatoms. The molecule has 0 aromatic heterocycles. The largest absolute Gasteiger partial charge is 0.384 e. The van der Waals surface area contributed by atoms with Crippen LogP contribution in [0.5, 0.6) is 0 Å². The lowest BCUT2D eigenvalue weighted by molar-refractivity contribution is -0.117. The third kappa shape index (κ3) is 2.41. The summed E-state index contributed by atoms with van der Waals surface area (Å²) < 4.78 is 13.9. The Bertz CT molecular complexity index is 732. The van der Waals surface area contributed by atoms with Crippen LogP contribution in [-0.4, -0.2) is 18.1 Å². The number of fused-ring (bicyclic) bond motifs is 1. The van der Waals surface area contributed by atoms with Crippen LogP contribution in [-0.2, 0) is 11.2 Å². The van der Waals surface area contributed by atoms with E-state index < -0.39 is 11.9 Å². The topological polar surface area (TPSA) is 40.5 Å². The molecular weight excluding hydrogens is 293 g/mol. The third-order valence-corrected chi connectivity index (χ3v) is 3.99. The summed E-state index contributed by atoms with van der Waals surface area (Å²) in [5.74, 6) is -0.544. The number of halogens is 2. The Morgan fingerprint density at radius 1 is 1.29 bits per heavy atom. The molecule has 2 aromatic rings. The molecule has 0 radical (unpaired) electrons. The fourth-order valence-electron chi connectivity index (χ4n) is 2.56. The second-order valence-corrected chi connectivity index (χ2v) is 5.52. The summed E-state index contributed by atoms with van der Waals surface area (Å²) in [4.78, 5) is 13.2. The van der Waals surface area contributed by atoms with Crippen molar-refractivity contribution in [2.45, 2.75) is 12.5 Å². The molecule has 0 bridgehead atoms. The van der Waals surface area contributed by atoms with Gasteiger partial charge in [-0.1, -0.05) is 29.8 Å². The number of benzene rings is 2. The van der Waals surface area contributed by atoms with Crippen molar-refractivity contribution in [3.05, 3.63) is 63.9 Å². The Hall–Kier alpha value is -1.91. The van der Waals surface area contributed by atoms with Crippen molar-refractivity contribution in [2.75, 3.05) is 11.9 Å². The molecule has 0 spiro atoms. The highest BCUT2D eigenvalue weighted by Crippen LogP contribution is 2.33. The second kappa shape index (κ2) is 5.13. The number of hydrogen-bond donors (Lipinski definition) is 1. The van der Waals surface area contributed by atoms with E-state index in [4.69, 9.17) is 11.6 Å². The zero-order valence-corrected chi connectivity index (χ0v) is 12.1. The summed E-state index contributed by atoms with van der Waals surface area (Å²) in [6.45, 7) is 0. The maximum absolute atomic E-state index is 13.9. The molecule has 1 N–H and O–H groups in total. The fourth-order valence-corrected chi connectivity index (χ4v) is 2.72. The van der Waals surface area contributed by atoms with Gasteiger partial charge in [-0.25, -0.2) is 4.39 Å². The number of carbonyl (C=O) groups excluding carboxylic acids is 1. The highest BCUT2D eigenvalue weighted by Gasteiger charge is 2.25. The van der Waals surface area contributed by atoms with E-state index in [1.165, 1.54) is 18.2 Å². The lowest BCUT2D eigenvalue weighted by Gasteiger charge is -2.15. The molecular formula is C16H13ClFNO2. The van der Waals surface area contributed by atoms with Crippen LogP contribution in [0, 0.1) is 5.82 Å². The minimum Gasteiger partial charge on any atom is -0.384 e.